The lowest BCUT2D eigenvalue weighted by Crippen LogP contribution is -2.34. The molecule has 2 aliphatic carbocycles. The van der Waals surface area contributed by atoms with Crippen LogP contribution in [0.25, 0.3) is 10.9 Å². The van der Waals surface area contributed by atoms with Crippen LogP contribution in [0.3, 0.4) is 0 Å². The molecule has 0 spiro atoms. The number of hydrogen-bond acceptors (Lipinski definition) is 2. The molecule has 0 saturated heterocycles. The lowest BCUT2D eigenvalue weighted by molar-refractivity contribution is -0.120. The highest BCUT2D eigenvalue weighted by Gasteiger charge is 2.59. The molecule has 4 nitrogen and oxygen atoms in total. The second kappa shape index (κ2) is 5.20. The third-order valence-corrected chi connectivity index (χ3v) is 6.85. The molecule has 2 aliphatic rings. The average Bonchev–Trinajstić information content (AvgIpc) is 3.12. The summed E-state index contributed by atoms with van der Waals surface area (Å²) >= 11 is 0. The summed E-state index contributed by atoms with van der Waals surface area (Å²) in [7, 11) is 0. The van der Waals surface area contributed by atoms with E-state index in [1.165, 1.54) is 18.6 Å². The number of aromatic nitrogens is 1. The van der Waals surface area contributed by atoms with Crippen LogP contribution in [-0.4, -0.2) is 16.6 Å². The minimum atomic E-state index is -0.0450. The number of carbonyl (C=O) groups is 1. The van der Waals surface area contributed by atoms with Crippen molar-refractivity contribution in [2.45, 2.75) is 46.5 Å². The number of aromatic amines is 1. The monoisotopic (exact) mass is 323 g/mol. The summed E-state index contributed by atoms with van der Waals surface area (Å²) < 4.78 is 0. The summed E-state index contributed by atoms with van der Waals surface area (Å²) in [5.41, 5.74) is 6.48. The Kier molecular flexibility index (Phi) is 3.34. The van der Waals surface area contributed by atoms with Gasteiger partial charge in [-0.1, -0.05) is 39.0 Å². The highest BCUT2D eigenvalue weighted by molar-refractivity contribution is 5.95. The van der Waals surface area contributed by atoms with E-state index in [2.05, 4.69) is 36.3 Å². The second-order valence-corrected chi connectivity index (χ2v) is 8.12. The van der Waals surface area contributed by atoms with Crippen LogP contribution in [0.4, 0.5) is 0 Å². The number of fused-ring (bicyclic) bond motifs is 3. The first-order valence-corrected chi connectivity index (χ1v) is 8.83. The number of nitrogens with one attached hydrogen (secondary N) is 2. The lowest BCUT2D eigenvalue weighted by atomic mass is 9.70. The number of rotatable bonds is 3. The van der Waals surface area contributed by atoms with E-state index in [0.717, 1.165) is 22.9 Å². The van der Waals surface area contributed by atoms with Crippen molar-refractivity contribution in [2.24, 2.45) is 21.8 Å². The zero-order valence-electron chi connectivity index (χ0n) is 14.6. The quantitative estimate of drug-likeness (QED) is 0.823. The highest BCUT2D eigenvalue weighted by atomic mass is 16.2. The summed E-state index contributed by atoms with van der Waals surface area (Å²) in [5, 5.41) is 5.65. The van der Waals surface area contributed by atoms with Gasteiger partial charge in [-0.2, -0.15) is 5.10 Å². The molecule has 126 valence electrons. The molecule has 1 amide bonds. The minimum Gasteiger partial charge on any atom is -0.361 e. The van der Waals surface area contributed by atoms with Crippen LogP contribution in [0, 0.1) is 16.7 Å². The molecule has 2 fully saturated rings. The molecule has 1 heterocycles. The Hall–Kier alpha value is -2.10. The van der Waals surface area contributed by atoms with Crippen molar-refractivity contribution in [1.29, 1.82) is 0 Å². The molecule has 2 aromatic rings. The molecule has 1 aromatic carbocycles. The maximum Gasteiger partial charge on any atom is 0.244 e. The van der Waals surface area contributed by atoms with Gasteiger partial charge in [0.15, 0.2) is 0 Å². The Morgan fingerprint density at radius 3 is 2.83 bits per heavy atom. The van der Waals surface area contributed by atoms with Gasteiger partial charge in [-0.15, -0.1) is 0 Å². The molecule has 0 radical (unpaired) electrons. The Labute approximate surface area is 142 Å². The van der Waals surface area contributed by atoms with Gasteiger partial charge in [0, 0.05) is 28.2 Å². The molecule has 4 rings (SSSR count). The van der Waals surface area contributed by atoms with Crippen molar-refractivity contribution in [3.8, 4) is 0 Å². The van der Waals surface area contributed by atoms with Crippen LogP contribution >= 0.6 is 0 Å². The first-order valence-electron chi connectivity index (χ1n) is 8.83. The van der Waals surface area contributed by atoms with E-state index in [1.807, 2.05) is 30.5 Å². The van der Waals surface area contributed by atoms with Crippen LogP contribution in [0.5, 0.6) is 0 Å². The number of hydrazone groups is 1. The van der Waals surface area contributed by atoms with E-state index < -0.39 is 0 Å². The van der Waals surface area contributed by atoms with E-state index >= 15 is 0 Å². The van der Waals surface area contributed by atoms with Gasteiger partial charge in [-0.25, -0.2) is 5.43 Å². The predicted octanol–water partition coefficient (Wildman–Crippen LogP) is 4.03. The fraction of sp³-hybridized carbons (Fsp3) is 0.500. The summed E-state index contributed by atoms with van der Waals surface area (Å²) in [5.74, 6) is 0.656. The largest absolute Gasteiger partial charge is 0.361 e. The Bertz CT molecular complexity index is 832. The molecule has 0 aliphatic heterocycles. The number of H-pyrrole nitrogens is 1. The Balaban J connectivity index is 1.48. The summed E-state index contributed by atoms with van der Waals surface area (Å²) in [6, 6.07) is 8.05. The fourth-order valence-corrected chi connectivity index (χ4v) is 4.72. The van der Waals surface area contributed by atoms with Gasteiger partial charge < -0.3 is 4.98 Å². The van der Waals surface area contributed by atoms with Crippen LogP contribution < -0.4 is 5.43 Å². The van der Waals surface area contributed by atoms with Crippen molar-refractivity contribution in [2.75, 3.05) is 0 Å². The number of nitrogens with zero attached hydrogens (tertiary/aromatic N) is 1. The van der Waals surface area contributed by atoms with Crippen LogP contribution in [0.15, 0.2) is 35.6 Å². The van der Waals surface area contributed by atoms with E-state index in [4.69, 9.17) is 0 Å². The number of para-hydroxylation sites is 1. The number of hydrogen-bond donors (Lipinski definition) is 2. The zero-order valence-corrected chi connectivity index (χ0v) is 14.6. The second-order valence-electron chi connectivity index (χ2n) is 8.12. The standard InChI is InChI=1S/C20H25N3O/c1-19(2)14-8-9-20(19,3)17(11-14)22-23-18(24)10-13-12-21-16-7-5-4-6-15(13)16/h4-7,12,14,21H,8-11H2,1-3H3,(H,23,24)/b22-17+/t14-,20+/m0/s1. The summed E-state index contributed by atoms with van der Waals surface area (Å²) in [4.78, 5) is 15.6. The normalized spacial score (nSPS) is 29.5. The SMILES string of the molecule is CC1(C)[C@H]2CC[C@]1(C)/C(=N/NC(=O)Cc1c[nH]c3ccccc13)C2. The van der Waals surface area contributed by atoms with Crippen molar-refractivity contribution < 1.29 is 4.79 Å². The van der Waals surface area contributed by atoms with Crippen molar-refractivity contribution in [3.63, 3.8) is 0 Å². The van der Waals surface area contributed by atoms with Crippen LogP contribution in [0.2, 0.25) is 0 Å². The molecular weight excluding hydrogens is 298 g/mol. The van der Waals surface area contributed by atoms with Gasteiger partial charge in [0.05, 0.1) is 6.42 Å². The summed E-state index contributed by atoms with van der Waals surface area (Å²) in [6.45, 7) is 7.01. The van der Waals surface area contributed by atoms with E-state index in [1.54, 1.807) is 0 Å². The average molecular weight is 323 g/mol. The maximum absolute atomic E-state index is 12.4. The lowest BCUT2D eigenvalue weighted by Gasteiger charge is -2.34. The van der Waals surface area contributed by atoms with E-state index in [-0.39, 0.29) is 16.7 Å². The summed E-state index contributed by atoms with van der Waals surface area (Å²) in [6.07, 6.45) is 5.76. The number of benzene rings is 1. The molecule has 1 aromatic heterocycles. The number of amides is 1. The minimum absolute atomic E-state index is 0.0450. The van der Waals surface area contributed by atoms with Gasteiger partial charge in [-0.3, -0.25) is 4.79 Å². The predicted molar refractivity (Wildman–Crippen MR) is 96.8 cm³/mol. The van der Waals surface area contributed by atoms with Crippen LogP contribution in [0.1, 0.15) is 45.6 Å². The smallest absolute Gasteiger partial charge is 0.244 e. The van der Waals surface area contributed by atoms with Gasteiger partial charge in [0.1, 0.15) is 0 Å². The van der Waals surface area contributed by atoms with Gasteiger partial charge >= 0.3 is 0 Å². The van der Waals surface area contributed by atoms with Gasteiger partial charge in [0.2, 0.25) is 5.91 Å². The van der Waals surface area contributed by atoms with Crippen molar-refractivity contribution in [1.82, 2.24) is 10.4 Å². The molecule has 2 bridgehead atoms. The molecule has 4 heteroatoms. The topological polar surface area (TPSA) is 57.2 Å². The van der Waals surface area contributed by atoms with E-state index in [9.17, 15) is 4.79 Å². The Morgan fingerprint density at radius 2 is 2.12 bits per heavy atom. The Morgan fingerprint density at radius 1 is 1.33 bits per heavy atom. The maximum atomic E-state index is 12.4. The molecule has 24 heavy (non-hydrogen) atoms. The fourth-order valence-electron chi connectivity index (χ4n) is 4.72. The number of carbonyl (C=O) groups excluding carboxylic acids is 1. The zero-order chi connectivity index (χ0) is 16.9. The third kappa shape index (κ3) is 2.12. The molecular formula is C20H25N3O. The van der Waals surface area contributed by atoms with Gasteiger partial charge in [0.25, 0.3) is 0 Å². The highest BCUT2D eigenvalue weighted by Crippen LogP contribution is 2.63. The van der Waals surface area contributed by atoms with Crippen molar-refractivity contribution >= 4 is 22.5 Å². The van der Waals surface area contributed by atoms with Crippen molar-refractivity contribution in [3.05, 3.63) is 36.0 Å². The van der Waals surface area contributed by atoms with E-state index in [0.29, 0.717) is 12.3 Å². The van der Waals surface area contributed by atoms with Gasteiger partial charge in [-0.05, 0) is 42.2 Å². The molecule has 2 N–H and O–H groups in total. The molecule has 0 unspecified atom stereocenters. The molecule has 2 atom stereocenters. The third-order valence-electron chi connectivity index (χ3n) is 6.85. The first-order chi connectivity index (χ1) is 11.4. The molecule has 2 saturated carbocycles. The first kappa shape index (κ1) is 15.4. The van der Waals surface area contributed by atoms with Crippen LogP contribution in [-0.2, 0) is 11.2 Å².